The van der Waals surface area contributed by atoms with Crippen LogP contribution in [0.25, 0.3) is 28.1 Å². The molecule has 0 atom stereocenters. The first kappa shape index (κ1) is 16.0. The quantitative estimate of drug-likeness (QED) is 0.328. The molecule has 4 rings (SSSR count). The molecule has 0 amide bonds. The second-order valence-electron chi connectivity index (χ2n) is 6.89. The van der Waals surface area contributed by atoms with Crippen LogP contribution in [0, 0.1) is 3.57 Å². The van der Waals surface area contributed by atoms with Crippen LogP contribution in [-0.4, -0.2) is 14.0 Å². The lowest BCUT2D eigenvalue weighted by Gasteiger charge is -2.26. The summed E-state index contributed by atoms with van der Waals surface area (Å²) in [7, 11) is 0. The molecular weight excluding hydrogens is 433 g/mol. The highest BCUT2D eigenvalue weighted by molar-refractivity contribution is 14.1. The highest BCUT2D eigenvalue weighted by Crippen LogP contribution is 2.39. The van der Waals surface area contributed by atoms with E-state index in [1.807, 2.05) is 24.4 Å². The van der Waals surface area contributed by atoms with E-state index in [0.717, 1.165) is 16.8 Å². The third-order valence-electron chi connectivity index (χ3n) is 4.13. The van der Waals surface area contributed by atoms with E-state index in [9.17, 15) is 0 Å². The van der Waals surface area contributed by atoms with Crippen LogP contribution in [0.3, 0.4) is 0 Å². The second kappa shape index (κ2) is 5.49. The van der Waals surface area contributed by atoms with Gasteiger partial charge >= 0.3 is 0 Å². The molecule has 0 saturated heterocycles. The van der Waals surface area contributed by atoms with Gasteiger partial charge in [0, 0.05) is 11.7 Å². The second-order valence-corrected chi connectivity index (χ2v) is 8.41. The van der Waals surface area contributed by atoms with Crippen molar-refractivity contribution in [1.82, 2.24) is 14.0 Å². The van der Waals surface area contributed by atoms with Crippen LogP contribution in [0.15, 0.2) is 48.7 Å². The van der Waals surface area contributed by atoms with Crippen molar-refractivity contribution < 1.29 is 0 Å². The van der Waals surface area contributed by atoms with E-state index in [2.05, 4.69) is 76.6 Å². The Labute approximate surface area is 159 Å². The van der Waals surface area contributed by atoms with Gasteiger partial charge in [0.05, 0.1) is 14.3 Å². The molecule has 24 heavy (non-hydrogen) atoms. The lowest BCUT2D eigenvalue weighted by Crippen LogP contribution is -2.23. The minimum atomic E-state index is -0.0921. The molecule has 0 aliphatic rings. The van der Waals surface area contributed by atoms with Gasteiger partial charge in [0.1, 0.15) is 16.8 Å². The lowest BCUT2D eigenvalue weighted by molar-refractivity contribution is 0.412. The third-order valence-corrected chi connectivity index (χ3v) is 5.37. The van der Waals surface area contributed by atoms with Crippen molar-refractivity contribution in [2.75, 3.05) is 0 Å². The van der Waals surface area contributed by atoms with Crippen molar-refractivity contribution in [1.29, 1.82) is 0 Å². The molecular formula is C19H17ClIN3. The molecule has 0 saturated carbocycles. The molecule has 3 nitrogen and oxygen atoms in total. The molecule has 0 N–H and O–H groups in total. The Kier molecular flexibility index (Phi) is 3.65. The highest BCUT2D eigenvalue weighted by Gasteiger charge is 2.28. The summed E-state index contributed by atoms with van der Waals surface area (Å²) in [6.45, 7) is 6.66. The number of imidazole rings is 1. The van der Waals surface area contributed by atoms with Crippen molar-refractivity contribution >= 4 is 51.0 Å². The van der Waals surface area contributed by atoms with Crippen LogP contribution < -0.4 is 0 Å². The Bertz CT molecular complexity index is 1060. The van der Waals surface area contributed by atoms with E-state index in [1.165, 1.54) is 14.8 Å². The van der Waals surface area contributed by atoms with E-state index in [-0.39, 0.29) is 5.54 Å². The number of fused-ring (bicyclic) bond motifs is 3. The van der Waals surface area contributed by atoms with Crippen molar-refractivity contribution in [3.05, 3.63) is 57.3 Å². The standard InChI is InChI=1S/C19H17ClIN3/c1-19(2,3)24-17(12-7-5-4-6-8-12)15(21)16-18(24)23-11-13(20)9-10-14(23)22-16/h4-11H,1-3H3. The largest absolute Gasteiger partial charge is 0.319 e. The molecule has 122 valence electrons. The number of benzene rings is 1. The molecule has 3 aromatic heterocycles. The molecule has 0 unspecified atom stereocenters. The molecule has 1 aromatic carbocycles. The highest BCUT2D eigenvalue weighted by atomic mass is 127. The number of nitrogens with zero attached hydrogens (tertiary/aromatic N) is 3. The molecule has 3 heterocycles. The number of aromatic nitrogens is 3. The fraction of sp³-hybridized carbons (Fsp3) is 0.211. The van der Waals surface area contributed by atoms with Crippen LogP contribution in [-0.2, 0) is 5.54 Å². The first-order valence-electron chi connectivity index (χ1n) is 7.81. The summed E-state index contributed by atoms with van der Waals surface area (Å²) < 4.78 is 5.64. The summed E-state index contributed by atoms with van der Waals surface area (Å²) in [6.07, 6.45) is 1.94. The summed E-state index contributed by atoms with van der Waals surface area (Å²) in [5.74, 6) is 0. The zero-order chi connectivity index (χ0) is 17.1. The number of hydrogen-bond donors (Lipinski definition) is 0. The topological polar surface area (TPSA) is 22.2 Å². The minimum absolute atomic E-state index is 0.0921. The van der Waals surface area contributed by atoms with Crippen molar-refractivity contribution in [3.63, 3.8) is 0 Å². The maximum Gasteiger partial charge on any atom is 0.147 e. The first-order chi connectivity index (χ1) is 11.4. The predicted molar refractivity (Wildman–Crippen MR) is 109 cm³/mol. The number of pyridine rings is 1. The van der Waals surface area contributed by atoms with Gasteiger partial charge in [0.25, 0.3) is 0 Å². The fourth-order valence-corrected chi connectivity index (χ4v) is 4.26. The molecule has 0 aliphatic heterocycles. The zero-order valence-corrected chi connectivity index (χ0v) is 16.6. The molecule has 5 heteroatoms. The van der Waals surface area contributed by atoms with E-state index >= 15 is 0 Å². The van der Waals surface area contributed by atoms with Crippen molar-refractivity contribution in [2.45, 2.75) is 26.3 Å². The minimum Gasteiger partial charge on any atom is -0.319 e. The third kappa shape index (κ3) is 2.35. The van der Waals surface area contributed by atoms with E-state index in [4.69, 9.17) is 16.6 Å². The van der Waals surface area contributed by atoms with Crippen LogP contribution in [0.1, 0.15) is 20.8 Å². The van der Waals surface area contributed by atoms with E-state index in [0.29, 0.717) is 5.02 Å². The monoisotopic (exact) mass is 449 g/mol. The summed E-state index contributed by atoms with van der Waals surface area (Å²) in [5, 5.41) is 0.708. The number of halogens is 2. The van der Waals surface area contributed by atoms with Gasteiger partial charge in [-0.1, -0.05) is 41.9 Å². The van der Waals surface area contributed by atoms with Gasteiger partial charge in [-0.05, 0) is 61.1 Å². The summed E-state index contributed by atoms with van der Waals surface area (Å²) >= 11 is 8.66. The van der Waals surface area contributed by atoms with Crippen LogP contribution >= 0.6 is 34.2 Å². The zero-order valence-electron chi connectivity index (χ0n) is 13.7. The van der Waals surface area contributed by atoms with Gasteiger partial charge in [0.15, 0.2) is 0 Å². The van der Waals surface area contributed by atoms with E-state index < -0.39 is 0 Å². The van der Waals surface area contributed by atoms with Gasteiger partial charge < -0.3 is 4.57 Å². The average Bonchev–Trinajstić information content (AvgIpc) is 3.03. The maximum atomic E-state index is 6.25. The molecule has 4 aromatic rings. The Balaban J connectivity index is 2.21. The summed E-state index contributed by atoms with van der Waals surface area (Å²) in [6, 6.07) is 14.3. The van der Waals surface area contributed by atoms with Crippen molar-refractivity contribution in [2.24, 2.45) is 0 Å². The van der Waals surface area contributed by atoms with Gasteiger partial charge in [-0.2, -0.15) is 0 Å². The number of hydrogen-bond acceptors (Lipinski definition) is 1. The molecule has 0 bridgehead atoms. The average molecular weight is 450 g/mol. The SMILES string of the molecule is CC(C)(C)n1c(-c2ccccc2)c(I)c2nc3ccc(Cl)cn3c21. The molecule has 0 radical (unpaired) electrons. The lowest BCUT2D eigenvalue weighted by atomic mass is 10.1. The van der Waals surface area contributed by atoms with Gasteiger partial charge in [-0.25, -0.2) is 4.98 Å². The van der Waals surface area contributed by atoms with Gasteiger partial charge in [-0.3, -0.25) is 4.40 Å². The van der Waals surface area contributed by atoms with E-state index in [1.54, 1.807) is 0 Å². The van der Waals surface area contributed by atoms with Gasteiger partial charge in [-0.15, -0.1) is 0 Å². The normalized spacial score (nSPS) is 12.4. The van der Waals surface area contributed by atoms with Crippen LogP contribution in [0.4, 0.5) is 0 Å². The fourth-order valence-electron chi connectivity index (χ4n) is 3.19. The summed E-state index contributed by atoms with van der Waals surface area (Å²) in [5.41, 5.74) is 5.33. The van der Waals surface area contributed by atoms with Crippen molar-refractivity contribution in [3.8, 4) is 11.3 Å². The predicted octanol–water partition coefficient (Wildman–Crippen LogP) is 5.97. The Morgan fingerprint density at radius 2 is 1.75 bits per heavy atom. The van der Waals surface area contributed by atoms with Gasteiger partial charge in [0.2, 0.25) is 0 Å². The van der Waals surface area contributed by atoms with Crippen LogP contribution in [0.5, 0.6) is 0 Å². The Morgan fingerprint density at radius 3 is 2.42 bits per heavy atom. The Hall–Kier alpha value is -1.53. The molecule has 0 aliphatic carbocycles. The number of rotatable bonds is 1. The molecule has 0 fully saturated rings. The Morgan fingerprint density at radius 1 is 1.04 bits per heavy atom. The summed E-state index contributed by atoms with van der Waals surface area (Å²) in [4.78, 5) is 4.85. The smallest absolute Gasteiger partial charge is 0.147 e. The van der Waals surface area contributed by atoms with Crippen LogP contribution in [0.2, 0.25) is 5.02 Å². The maximum absolute atomic E-state index is 6.25. The molecule has 0 spiro atoms. The first-order valence-corrected chi connectivity index (χ1v) is 9.27.